The Morgan fingerprint density at radius 2 is 2.00 bits per heavy atom. The van der Waals surface area contributed by atoms with Crippen molar-refractivity contribution in [1.29, 1.82) is 0 Å². The number of nitrogens with zero attached hydrogens (tertiary/aromatic N) is 2. The van der Waals surface area contributed by atoms with Crippen LogP contribution in [0.2, 0.25) is 0 Å². The van der Waals surface area contributed by atoms with Gasteiger partial charge < -0.3 is 5.32 Å². The maximum Gasteiger partial charge on any atom is 0.291 e. The fourth-order valence-corrected chi connectivity index (χ4v) is 1.96. The zero-order valence-corrected chi connectivity index (χ0v) is 12.1. The molecule has 0 atom stereocenters. The van der Waals surface area contributed by atoms with E-state index in [1.54, 1.807) is 0 Å². The molecule has 5 nitrogen and oxygen atoms in total. The van der Waals surface area contributed by atoms with Gasteiger partial charge in [0.1, 0.15) is 5.82 Å². The Labute approximate surface area is 118 Å². The van der Waals surface area contributed by atoms with Crippen molar-refractivity contribution in [3.63, 3.8) is 0 Å². The third-order valence-electron chi connectivity index (χ3n) is 3.19. The van der Waals surface area contributed by atoms with Crippen molar-refractivity contribution in [3.05, 3.63) is 47.0 Å². The van der Waals surface area contributed by atoms with Crippen molar-refractivity contribution < 1.29 is 4.79 Å². The van der Waals surface area contributed by atoms with Gasteiger partial charge in [-0.2, -0.15) is 0 Å². The second-order valence-corrected chi connectivity index (χ2v) is 5.00. The van der Waals surface area contributed by atoms with Crippen LogP contribution in [0.15, 0.2) is 24.3 Å². The number of carbonyl (C=O) groups is 1. The smallest absolute Gasteiger partial charge is 0.291 e. The van der Waals surface area contributed by atoms with Gasteiger partial charge in [0.05, 0.1) is 0 Å². The zero-order valence-electron chi connectivity index (χ0n) is 12.1. The van der Waals surface area contributed by atoms with Crippen LogP contribution in [-0.4, -0.2) is 21.1 Å². The first kappa shape index (κ1) is 14.2. The molecule has 0 aliphatic carbocycles. The Bertz CT molecular complexity index is 589. The molecule has 106 valence electrons. The summed E-state index contributed by atoms with van der Waals surface area (Å²) in [4.78, 5) is 16.2. The third kappa shape index (κ3) is 3.23. The summed E-state index contributed by atoms with van der Waals surface area (Å²) in [5.41, 5.74) is 2.37. The molecule has 0 radical (unpaired) electrons. The Hall–Kier alpha value is -2.17. The molecule has 5 heteroatoms. The largest absolute Gasteiger partial charge is 0.345 e. The lowest BCUT2D eigenvalue weighted by atomic mass is 10.1. The van der Waals surface area contributed by atoms with Crippen molar-refractivity contribution in [3.8, 4) is 0 Å². The Kier molecular flexibility index (Phi) is 4.50. The number of nitrogens with one attached hydrogen (secondary N) is 2. The molecular weight excluding hydrogens is 252 g/mol. The molecule has 0 saturated carbocycles. The molecule has 1 aromatic carbocycles. The molecule has 20 heavy (non-hydrogen) atoms. The highest BCUT2D eigenvalue weighted by atomic mass is 16.2. The SMILES string of the molecule is CCc1ccccc1CNC(=O)c1n[nH]c(C(C)C)n1. The second-order valence-electron chi connectivity index (χ2n) is 5.00. The van der Waals surface area contributed by atoms with Gasteiger partial charge in [-0.25, -0.2) is 4.98 Å². The van der Waals surface area contributed by atoms with Crippen LogP contribution in [0, 0.1) is 0 Å². The van der Waals surface area contributed by atoms with E-state index in [9.17, 15) is 4.79 Å². The highest BCUT2D eigenvalue weighted by Crippen LogP contribution is 2.10. The first-order chi connectivity index (χ1) is 9.61. The number of H-pyrrole nitrogens is 1. The third-order valence-corrected chi connectivity index (χ3v) is 3.19. The summed E-state index contributed by atoms with van der Waals surface area (Å²) in [6, 6.07) is 8.08. The van der Waals surface area contributed by atoms with E-state index < -0.39 is 0 Å². The van der Waals surface area contributed by atoms with E-state index >= 15 is 0 Å². The van der Waals surface area contributed by atoms with Gasteiger partial charge in [-0.15, -0.1) is 5.10 Å². The number of rotatable bonds is 5. The monoisotopic (exact) mass is 272 g/mol. The number of aromatic nitrogens is 3. The number of benzene rings is 1. The summed E-state index contributed by atoms with van der Waals surface area (Å²) in [7, 11) is 0. The van der Waals surface area contributed by atoms with E-state index in [2.05, 4.69) is 33.5 Å². The van der Waals surface area contributed by atoms with Crippen LogP contribution in [0.5, 0.6) is 0 Å². The van der Waals surface area contributed by atoms with Gasteiger partial charge in [-0.05, 0) is 17.5 Å². The Morgan fingerprint density at radius 1 is 1.30 bits per heavy atom. The summed E-state index contributed by atoms with van der Waals surface area (Å²) in [6.45, 7) is 6.60. The molecule has 1 aromatic heterocycles. The molecule has 0 unspecified atom stereocenters. The Morgan fingerprint density at radius 3 is 2.60 bits per heavy atom. The lowest BCUT2D eigenvalue weighted by Crippen LogP contribution is -2.24. The van der Waals surface area contributed by atoms with Crippen LogP contribution >= 0.6 is 0 Å². The molecule has 0 saturated heterocycles. The topological polar surface area (TPSA) is 70.7 Å². The summed E-state index contributed by atoms with van der Waals surface area (Å²) in [6.07, 6.45) is 0.949. The number of hydrogen-bond donors (Lipinski definition) is 2. The van der Waals surface area contributed by atoms with E-state index in [0.29, 0.717) is 6.54 Å². The maximum absolute atomic E-state index is 12.0. The van der Waals surface area contributed by atoms with E-state index in [1.165, 1.54) is 5.56 Å². The van der Waals surface area contributed by atoms with Gasteiger partial charge >= 0.3 is 0 Å². The van der Waals surface area contributed by atoms with E-state index in [1.807, 2.05) is 32.0 Å². The van der Waals surface area contributed by atoms with Gasteiger partial charge in [0.15, 0.2) is 0 Å². The minimum Gasteiger partial charge on any atom is -0.345 e. The predicted molar refractivity (Wildman–Crippen MR) is 77.5 cm³/mol. The van der Waals surface area contributed by atoms with Crippen LogP contribution in [0.4, 0.5) is 0 Å². The average molecular weight is 272 g/mol. The number of carbonyl (C=O) groups excluding carboxylic acids is 1. The van der Waals surface area contributed by atoms with Gasteiger partial charge in [-0.3, -0.25) is 9.89 Å². The molecule has 2 aromatic rings. The quantitative estimate of drug-likeness (QED) is 0.878. The number of amides is 1. The maximum atomic E-state index is 12.0. The van der Waals surface area contributed by atoms with Crippen LogP contribution in [0.1, 0.15) is 54.3 Å². The summed E-state index contributed by atoms with van der Waals surface area (Å²) in [5, 5.41) is 9.59. The van der Waals surface area contributed by atoms with Gasteiger partial charge in [0, 0.05) is 12.5 Å². The molecule has 0 bridgehead atoms. The van der Waals surface area contributed by atoms with Gasteiger partial charge in [-0.1, -0.05) is 45.0 Å². The lowest BCUT2D eigenvalue weighted by molar-refractivity contribution is 0.0941. The first-order valence-corrected chi connectivity index (χ1v) is 6.89. The minimum atomic E-state index is -0.251. The lowest BCUT2D eigenvalue weighted by Gasteiger charge is -2.07. The van der Waals surface area contributed by atoms with Crippen molar-refractivity contribution in [1.82, 2.24) is 20.5 Å². The summed E-state index contributed by atoms with van der Waals surface area (Å²) < 4.78 is 0. The molecule has 0 aliphatic heterocycles. The van der Waals surface area contributed by atoms with Crippen LogP contribution in [-0.2, 0) is 13.0 Å². The Balaban J connectivity index is 2.01. The number of aryl methyl sites for hydroxylation is 1. The second kappa shape index (κ2) is 6.32. The van der Waals surface area contributed by atoms with Crippen molar-refractivity contribution in [2.24, 2.45) is 0 Å². The summed E-state index contributed by atoms with van der Waals surface area (Å²) >= 11 is 0. The van der Waals surface area contributed by atoms with Crippen molar-refractivity contribution in [2.75, 3.05) is 0 Å². The molecule has 0 aliphatic rings. The van der Waals surface area contributed by atoms with Crippen molar-refractivity contribution in [2.45, 2.75) is 39.7 Å². The van der Waals surface area contributed by atoms with E-state index in [-0.39, 0.29) is 17.6 Å². The molecule has 1 amide bonds. The normalized spacial score (nSPS) is 10.8. The fourth-order valence-electron chi connectivity index (χ4n) is 1.96. The van der Waals surface area contributed by atoms with E-state index in [0.717, 1.165) is 17.8 Å². The first-order valence-electron chi connectivity index (χ1n) is 6.89. The minimum absolute atomic E-state index is 0.197. The summed E-state index contributed by atoms with van der Waals surface area (Å²) in [5.74, 6) is 0.899. The van der Waals surface area contributed by atoms with Gasteiger partial charge in [0.2, 0.25) is 5.82 Å². The number of hydrogen-bond acceptors (Lipinski definition) is 3. The van der Waals surface area contributed by atoms with Crippen LogP contribution < -0.4 is 5.32 Å². The highest BCUT2D eigenvalue weighted by molar-refractivity contribution is 5.90. The van der Waals surface area contributed by atoms with Crippen molar-refractivity contribution >= 4 is 5.91 Å². The average Bonchev–Trinajstić information content (AvgIpc) is 2.95. The highest BCUT2D eigenvalue weighted by Gasteiger charge is 2.14. The molecule has 0 spiro atoms. The molecule has 1 heterocycles. The predicted octanol–water partition coefficient (Wildman–Crippen LogP) is 2.42. The zero-order chi connectivity index (χ0) is 14.5. The number of aromatic amines is 1. The van der Waals surface area contributed by atoms with Gasteiger partial charge in [0.25, 0.3) is 5.91 Å². The molecule has 2 rings (SSSR count). The molecular formula is C15H20N4O. The molecule has 2 N–H and O–H groups in total. The molecule has 0 fully saturated rings. The standard InChI is InChI=1S/C15H20N4O/c1-4-11-7-5-6-8-12(11)9-16-15(20)14-17-13(10(2)3)18-19-14/h5-8,10H,4,9H2,1-3H3,(H,16,20)(H,17,18,19). The van der Waals surface area contributed by atoms with Crippen LogP contribution in [0.25, 0.3) is 0 Å². The fraction of sp³-hybridized carbons (Fsp3) is 0.400. The van der Waals surface area contributed by atoms with E-state index in [4.69, 9.17) is 0 Å². The van der Waals surface area contributed by atoms with Crippen LogP contribution in [0.3, 0.4) is 0 Å².